The summed E-state index contributed by atoms with van der Waals surface area (Å²) in [6, 6.07) is 0.372. The van der Waals surface area contributed by atoms with Gasteiger partial charge in [-0.3, -0.25) is 4.79 Å². The van der Waals surface area contributed by atoms with Gasteiger partial charge in [0.2, 0.25) is 5.91 Å². The molecule has 0 aromatic heterocycles. The van der Waals surface area contributed by atoms with Crippen LogP contribution < -0.4 is 10.6 Å². The molecule has 0 bridgehead atoms. The summed E-state index contributed by atoms with van der Waals surface area (Å²) in [5, 5.41) is 6.50. The van der Waals surface area contributed by atoms with Gasteiger partial charge in [-0.2, -0.15) is 0 Å². The quantitative estimate of drug-likeness (QED) is 0.749. The smallest absolute Gasteiger partial charge is 0.237 e. The molecular formula is C13H24N2O. The maximum atomic E-state index is 12.1. The van der Waals surface area contributed by atoms with Crippen LogP contribution in [0.15, 0.2) is 0 Å². The Morgan fingerprint density at radius 1 is 1.19 bits per heavy atom. The van der Waals surface area contributed by atoms with E-state index in [0.29, 0.717) is 6.04 Å². The lowest BCUT2D eigenvalue weighted by Gasteiger charge is -2.23. The summed E-state index contributed by atoms with van der Waals surface area (Å²) in [5.41, 5.74) is 0.467. The molecule has 3 nitrogen and oxygen atoms in total. The fourth-order valence-electron chi connectivity index (χ4n) is 2.88. The van der Waals surface area contributed by atoms with Gasteiger partial charge in [-0.25, -0.2) is 0 Å². The van der Waals surface area contributed by atoms with Crippen LogP contribution in [0.5, 0.6) is 0 Å². The number of nitrogens with one attached hydrogen (secondary N) is 2. The van der Waals surface area contributed by atoms with Gasteiger partial charge >= 0.3 is 0 Å². The van der Waals surface area contributed by atoms with Crippen LogP contribution in [-0.4, -0.2) is 24.5 Å². The number of carbonyl (C=O) groups is 1. The van der Waals surface area contributed by atoms with Gasteiger partial charge in [0.25, 0.3) is 0 Å². The molecule has 0 unspecified atom stereocenters. The average molecular weight is 224 g/mol. The van der Waals surface area contributed by atoms with Crippen molar-refractivity contribution in [2.75, 3.05) is 6.54 Å². The minimum atomic E-state index is 0.0425. The van der Waals surface area contributed by atoms with Crippen LogP contribution in [0.2, 0.25) is 0 Å². The molecule has 1 heterocycles. The lowest BCUT2D eigenvalue weighted by Crippen LogP contribution is -2.48. The van der Waals surface area contributed by atoms with Crippen LogP contribution in [0.3, 0.4) is 0 Å². The Labute approximate surface area is 98.4 Å². The van der Waals surface area contributed by atoms with Crippen LogP contribution in [0.25, 0.3) is 0 Å². The number of carbonyl (C=O) groups excluding carboxylic acids is 1. The van der Waals surface area contributed by atoms with E-state index in [1.807, 2.05) is 0 Å². The molecule has 3 heteroatoms. The van der Waals surface area contributed by atoms with E-state index in [2.05, 4.69) is 38.3 Å². The zero-order chi connectivity index (χ0) is 12.0. The van der Waals surface area contributed by atoms with Crippen LogP contribution in [0, 0.1) is 10.8 Å². The van der Waals surface area contributed by atoms with Crippen molar-refractivity contribution in [1.29, 1.82) is 0 Å². The van der Waals surface area contributed by atoms with Gasteiger partial charge in [0.05, 0.1) is 6.04 Å². The van der Waals surface area contributed by atoms with E-state index in [9.17, 15) is 4.79 Å². The van der Waals surface area contributed by atoms with Crippen molar-refractivity contribution in [3.8, 4) is 0 Å². The largest absolute Gasteiger partial charge is 0.351 e. The molecule has 92 valence electrons. The molecule has 1 saturated carbocycles. The molecule has 0 aromatic carbocycles. The minimum absolute atomic E-state index is 0.0425. The van der Waals surface area contributed by atoms with Crippen LogP contribution in [0.4, 0.5) is 0 Å². The molecule has 2 N–H and O–H groups in total. The highest BCUT2D eigenvalue weighted by molar-refractivity contribution is 5.82. The number of hydrogen-bond acceptors (Lipinski definition) is 2. The molecule has 1 amide bonds. The Hall–Kier alpha value is -0.570. The molecule has 0 spiro atoms. The van der Waals surface area contributed by atoms with E-state index in [-0.39, 0.29) is 22.8 Å². The summed E-state index contributed by atoms with van der Waals surface area (Å²) in [6.45, 7) is 9.90. The van der Waals surface area contributed by atoms with Crippen molar-refractivity contribution in [3.63, 3.8) is 0 Å². The summed E-state index contributed by atoms with van der Waals surface area (Å²) in [5.74, 6) is 0.198. The van der Waals surface area contributed by atoms with Gasteiger partial charge < -0.3 is 10.6 Å². The first-order valence-corrected chi connectivity index (χ1v) is 6.41. The van der Waals surface area contributed by atoms with Crippen LogP contribution in [-0.2, 0) is 4.79 Å². The second kappa shape index (κ2) is 3.73. The Balaban J connectivity index is 1.89. The topological polar surface area (TPSA) is 41.1 Å². The predicted octanol–water partition coefficient (Wildman–Crippen LogP) is 1.68. The first-order valence-electron chi connectivity index (χ1n) is 6.41. The standard InChI is InChI=1S/C13H24N2O/c1-12(2)11(13(12,3)4)15-10(16)9-7-5-6-8-14-9/h9,11,14H,5-8H2,1-4H3,(H,15,16)/t9-/m0/s1. The summed E-state index contributed by atoms with van der Waals surface area (Å²) < 4.78 is 0. The molecule has 2 aliphatic rings. The van der Waals surface area contributed by atoms with Gasteiger partial charge in [-0.15, -0.1) is 0 Å². The summed E-state index contributed by atoms with van der Waals surface area (Å²) in [4.78, 5) is 12.1. The Kier molecular flexibility index (Phi) is 2.77. The maximum Gasteiger partial charge on any atom is 0.237 e. The minimum Gasteiger partial charge on any atom is -0.351 e. The van der Waals surface area contributed by atoms with Crippen molar-refractivity contribution in [3.05, 3.63) is 0 Å². The van der Waals surface area contributed by atoms with Crippen molar-refractivity contribution >= 4 is 5.91 Å². The molecule has 1 aliphatic heterocycles. The SMILES string of the molecule is CC1(C)C(NC(=O)[C@@H]2CCCCN2)C1(C)C. The number of hydrogen-bond donors (Lipinski definition) is 2. The monoisotopic (exact) mass is 224 g/mol. The molecule has 16 heavy (non-hydrogen) atoms. The molecule has 2 rings (SSSR count). The third-order valence-corrected chi connectivity index (χ3v) is 4.93. The zero-order valence-electron chi connectivity index (χ0n) is 10.9. The highest BCUT2D eigenvalue weighted by Crippen LogP contribution is 2.62. The molecule has 0 aromatic rings. The van der Waals surface area contributed by atoms with E-state index in [0.717, 1.165) is 13.0 Å². The van der Waals surface area contributed by atoms with Crippen molar-refractivity contribution in [2.24, 2.45) is 10.8 Å². The Bertz CT molecular complexity index is 276. The Morgan fingerprint density at radius 3 is 2.25 bits per heavy atom. The molecular weight excluding hydrogens is 200 g/mol. The van der Waals surface area contributed by atoms with Crippen molar-refractivity contribution in [2.45, 2.75) is 59.0 Å². The fraction of sp³-hybridized carbons (Fsp3) is 0.923. The molecule has 1 saturated heterocycles. The molecule has 0 radical (unpaired) electrons. The highest BCUT2D eigenvalue weighted by Gasteiger charge is 2.65. The molecule has 2 fully saturated rings. The van der Waals surface area contributed by atoms with Crippen molar-refractivity contribution < 1.29 is 4.79 Å². The zero-order valence-corrected chi connectivity index (χ0v) is 10.9. The lowest BCUT2D eigenvalue weighted by atomic mass is 10.0. The highest BCUT2D eigenvalue weighted by atomic mass is 16.2. The lowest BCUT2D eigenvalue weighted by molar-refractivity contribution is -0.124. The van der Waals surface area contributed by atoms with E-state index in [1.165, 1.54) is 12.8 Å². The third kappa shape index (κ3) is 1.75. The second-order valence-electron chi connectivity index (χ2n) is 6.39. The number of amides is 1. The average Bonchev–Trinajstić information content (AvgIpc) is 2.62. The third-order valence-electron chi connectivity index (χ3n) is 4.93. The van der Waals surface area contributed by atoms with E-state index < -0.39 is 0 Å². The summed E-state index contributed by atoms with van der Waals surface area (Å²) in [7, 11) is 0. The normalized spacial score (nSPS) is 32.1. The first kappa shape index (κ1) is 11.9. The van der Waals surface area contributed by atoms with Gasteiger partial charge in [0.1, 0.15) is 0 Å². The van der Waals surface area contributed by atoms with Gasteiger partial charge in [0, 0.05) is 6.04 Å². The van der Waals surface area contributed by atoms with Crippen LogP contribution in [0.1, 0.15) is 47.0 Å². The van der Waals surface area contributed by atoms with Gasteiger partial charge in [0.15, 0.2) is 0 Å². The molecule has 1 aliphatic carbocycles. The van der Waals surface area contributed by atoms with E-state index >= 15 is 0 Å². The van der Waals surface area contributed by atoms with Crippen LogP contribution >= 0.6 is 0 Å². The number of piperidine rings is 1. The van der Waals surface area contributed by atoms with Gasteiger partial charge in [-0.05, 0) is 30.2 Å². The second-order valence-corrected chi connectivity index (χ2v) is 6.39. The fourth-order valence-corrected chi connectivity index (χ4v) is 2.88. The van der Waals surface area contributed by atoms with E-state index in [1.54, 1.807) is 0 Å². The maximum absolute atomic E-state index is 12.1. The summed E-state index contributed by atoms with van der Waals surface area (Å²) in [6.07, 6.45) is 3.35. The van der Waals surface area contributed by atoms with Crippen molar-refractivity contribution in [1.82, 2.24) is 10.6 Å². The summed E-state index contributed by atoms with van der Waals surface area (Å²) >= 11 is 0. The predicted molar refractivity (Wildman–Crippen MR) is 65.1 cm³/mol. The molecule has 1 atom stereocenters. The number of rotatable bonds is 2. The van der Waals surface area contributed by atoms with Gasteiger partial charge in [-0.1, -0.05) is 34.1 Å². The van der Waals surface area contributed by atoms with E-state index in [4.69, 9.17) is 0 Å². The first-order chi connectivity index (χ1) is 7.37. The Morgan fingerprint density at radius 2 is 1.81 bits per heavy atom.